The van der Waals surface area contributed by atoms with Gasteiger partial charge in [0, 0.05) is 12.4 Å². The van der Waals surface area contributed by atoms with Crippen molar-refractivity contribution in [3.05, 3.63) is 54.6 Å². The molecule has 0 radical (unpaired) electrons. The quantitative estimate of drug-likeness (QED) is 0.764. The highest BCUT2D eigenvalue weighted by atomic mass is 15.4. The van der Waals surface area contributed by atoms with Crippen LogP contribution in [0.2, 0.25) is 0 Å². The van der Waals surface area contributed by atoms with Gasteiger partial charge in [-0.15, -0.1) is 0 Å². The zero-order chi connectivity index (χ0) is 8.93. The van der Waals surface area contributed by atoms with Crippen LogP contribution in [-0.2, 0) is 6.54 Å². The molecule has 0 bridgehead atoms. The van der Waals surface area contributed by atoms with Crippen molar-refractivity contribution in [2.75, 3.05) is 5.43 Å². The Kier molecular flexibility index (Phi) is 2.27. The Morgan fingerprint density at radius 2 is 2.08 bits per heavy atom. The fraction of sp³-hybridized carbons (Fsp3) is 0.100. The lowest BCUT2D eigenvalue weighted by atomic mass is 10.2. The standard InChI is InChI=1S/C10H11N3/c1-2-4-10(5-3-1)8-12-13-7-6-11-9-13/h1-7,9,12H,8H2. The third-order valence-corrected chi connectivity index (χ3v) is 1.81. The average Bonchev–Trinajstić information content (AvgIpc) is 2.69. The summed E-state index contributed by atoms with van der Waals surface area (Å²) >= 11 is 0. The molecular weight excluding hydrogens is 162 g/mol. The van der Waals surface area contributed by atoms with Gasteiger partial charge in [0.15, 0.2) is 0 Å². The first-order valence-electron chi connectivity index (χ1n) is 4.21. The van der Waals surface area contributed by atoms with Crippen LogP contribution in [-0.4, -0.2) is 9.66 Å². The molecule has 2 aromatic rings. The van der Waals surface area contributed by atoms with E-state index in [4.69, 9.17) is 0 Å². The highest BCUT2D eigenvalue weighted by molar-refractivity contribution is 5.15. The molecule has 2 rings (SSSR count). The molecule has 0 saturated heterocycles. The van der Waals surface area contributed by atoms with Gasteiger partial charge >= 0.3 is 0 Å². The van der Waals surface area contributed by atoms with Crippen molar-refractivity contribution in [2.45, 2.75) is 6.54 Å². The van der Waals surface area contributed by atoms with Crippen LogP contribution in [0.4, 0.5) is 0 Å². The summed E-state index contributed by atoms with van der Waals surface area (Å²) in [6, 6.07) is 10.3. The third kappa shape index (κ3) is 2.08. The van der Waals surface area contributed by atoms with Crippen LogP contribution in [0.1, 0.15) is 5.56 Å². The number of rotatable bonds is 3. The molecule has 1 N–H and O–H groups in total. The second-order valence-corrected chi connectivity index (χ2v) is 2.79. The third-order valence-electron chi connectivity index (χ3n) is 1.81. The maximum atomic E-state index is 3.93. The van der Waals surface area contributed by atoms with Crippen LogP contribution < -0.4 is 5.43 Å². The van der Waals surface area contributed by atoms with Crippen LogP contribution in [0.15, 0.2) is 49.1 Å². The molecule has 13 heavy (non-hydrogen) atoms. The number of imidazole rings is 1. The Bertz CT molecular complexity index is 340. The molecular formula is C10H11N3. The van der Waals surface area contributed by atoms with Crippen LogP contribution in [0.5, 0.6) is 0 Å². The molecule has 1 aromatic carbocycles. The number of hydrogen-bond acceptors (Lipinski definition) is 2. The Morgan fingerprint density at radius 1 is 1.23 bits per heavy atom. The molecule has 0 saturated carbocycles. The number of nitrogens with one attached hydrogen (secondary N) is 1. The summed E-state index contributed by atoms with van der Waals surface area (Å²) in [7, 11) is 0. The molecule has 0 unspecified atom stereocenters. The van der Waals surface area contributed by atoms with Crippen molar-refractivity contribution >= 4 is 0 Å². The summed E-state index contributed by atoms with van der Waals surface area (Å²) < 4.78 is 1.84. The second-order valence-electron chi connectivity index (χ2n) is 2.79. The van der Waals surface area contributed by atoms with E-state index in [0.29, 0.717) is 0 Å². The molecule has 0 aliphatic carbocycles. The van der Waals surface area contributed by atoms with Gasteiger partial charge in [-0.1, -0.05) is 30.3 Å². The average molecular weight is 173 g/mol. The molecule has 0 aliphatic heterocycles. The molecule has 0 fully saturated rings. The normalized spacial score (nSPS) is 9.85. The Morgan fingerprint density at radius 3 is 2.77 bits per heavy atom. The fourth-order valence-electron chi connectivity index (χ4n) is 1.13. The molecule has 3 heteroatoms. The monoisotopic (exact) mass is 173 g/mol. The Balaban J connectivity index is 1.94. The highest BCUT2D eigenvalue weighted by Crippen LogP contribution is 1.97. The van der Waals surface area contributed by atoms with Crippen molar-refractivity contribution in [2.24, 2.45) is 0 Å². The molecule has 0 amide bonds. The van der Waals surface area contributed by atoms with Crippen LogP contribution >= 0.6 is 0 Å². The van der Waals surface area contributed by atoms with Gasteiger partial charge in [0.25, 0.3) is 0 Å². The number of nitrogens with zero attached hydrogens (tertiary/aromatic N) is 2. The van der Waals surface area contributed by atoms with Crippen LogP contribution in [0.25, 0.3) is 0 Å². The van der Waals surface area contributed by atoms with Gasteiger partial charge in [0.2, 0.25) is 0 Å². The molecule has 1 heterocycles. The summed E-state index contributed by atoms with van der Waals surface area (Å²) in [5.74, 6) is 0. The zero-order valence-corrected chi connectivity index (χ0v) is 7.22. The second kappa shape index (κ2) is 3.76. The lowest BCUT2D eigenvalue weighted by molar-refractivity contribution is 0.838. The van der Waals surface area contributed by atoms with Gasteiger partial charge in [0.1, 0.15) is 6.33 Å². The predicted molar refractivity (Wildman–Crippen MR) is 51.7 cm³/mol. The SMILES string of the molecule is c1ccc(CNn2ccnc2)cc1. The summed E-state index contributed by atoms with van der Waals surface area (Å²) in [5, 5.41) is 0. The molecule has 3 nitrogen and oxygen atoms in total. The van der Waals surface area contributed by atoms with Gasteiger partial charge in [-0.3, -0.25) is 4.68 Å². The summed E-state index contributed by atoms with van der Waals surface area (Å²) in [6.07, 6.45) is 5.36. The van der Waals surface area contributed by atoms with Gasteiger partial charge in [-0.05, 0) is 5.56 Å². The first-order chi connectivity index (χ1) is 6.45. The molecule has 0 atom stereocenters. The van der Waals surface area contributed by atoms with Crippen molar-refractivity contribution in [1.82, 2.24) is 9.66 Å². The van der Waals surface area contributed by atoms with E-state index < -0.39 is 0 Å². The van der Waals surface area contributed by atoms with Gasteiger partial charge in [-0.25, -0.2) is 4.98 Å². The van der Waals surface area contributed by atoms with E-state index in [1.54, 1.807) is 12.5 Å². The predicted octanol–water partition coefficient (Wildman–Crippen LogP) is 1.63. The van der Waals surface area contributed by atoms with E-state index in [2.05, 4.69) is 22.5 Å². The summed E-state index contributed by atoms with van der Waals surface area (Å²) in [6.45, 7) is 0.817. The lowest BCUT2D eigenvalue weighted by Gasteiger charge is -2.05. The minimum atomic E-state index is 0.817. The molecule has 1 aromatic heterocycles. The number of hydrogen-bond donors (Lipinski definition) is 1. The van der Waals surface area contributed by atoms with Crippen LogP contribution in [0.3, 0.4) is 0 Å². The number of aromatic nitrogens is 2. The van der Waals surface area contributed by atoms with E-state index in [1.165, 1.54) is 5.56 Å². The van der Waals surface area contributed by atoms with Crippen molar-refractivity contribution in [3.63, 3.8) is 0 Å². The van der Waals surface area contributed by atoms with E-state index in [9.17, 15) is 0 Å². The lowest BCUT2D eigenvalue weighted by Crippen LogP contribution is -2.11. The largest absolute Gasteiger partial charge is 0.321 e. The summed E-state index contributed by atoms with van der Waals surface area (Å²) in [5.41, 5.74) is 4.46. The van der Waals surface area contributed by atoms with E-state index >= 15 is 0 Å². The molecule has 66 valence electrons. The fourth-order valence-corrected chi connectivity index (χ4v) is 1.13. The van der Waals surface area contributed by atoms with Crippen molar-refractivity contribution in [3.8, 4) is 0 Å². The van der Waals surface area contributed by atoms with Gasteiger partial charge < -0.3 is 5.43 Å². The molecule has 0 aliphatic rings. The Hall–Kier alpha value is -1.77. The summed E-state index contributed by atoms with van der Waals surface area (Å²) in [4.78, 5) is 3.93. The maximum absolute atomic E-state index is 3.93. The van der Waals surface area contributed by atoms with E-state index in [0.717, 1.165) is 6.54 Å². The first kappa shape index (κ1) is 7.86. The first-order valence-corrected chi connectivity index (χ1v) is 4.21. The van der Waals surface area contributed by atoms with Gasteiger partial charge in [0.05, 0.1) is 6.54 Å². The van der Waals surface area contributed by atoms with Crippen molar-refractivity contribution < 1.29 is 0 Å². The van der Waals surface area contributed by atoms with E-state index in [-0.39, 0.29) is 0 Å². The Labute approximate surface area is 77.0 Å². The molecule has 0 spiro atoms. The minimum Gasteiger partial charge on any atom is -0.321 e. The van der Waals surface area contributed by atoms with Crippen molar-refractivity contribution in [1.29, 1.82) is 0 Å². The minimum absolute atomic E-state index is 0.817. The smallest absolute Gasteiger partial charge is 0.114 e. The maximum Gasteiger partial charge on any atom is 0.114 e. The van der Waals surface area contributed by atoms with Crippen LogP contribution in [0, 0.1) is 0 Å². The highest BCUT2D eigenvalue weighted by Gasteiger charge is 1.89. The van der Waals surface area contributed by atoms with E-state index in [1.807, 2.05) is 29.1 Å². The number of benzene rings is 1. The van der Waals surface area contributed by atoms with Gasteiger partial charge in [-0.2, -0.15) is 0 Å². The topological polar surface area (TPSA) is 29.9 Å². The zero-order valence-electron chi connectivity index (χ0n) is 7.22.